The van der Waals surface area contributed by atoms with E-state index in [4.69, 9.17) is 4.74 Å². The second-order valence-corrected chi connectivity index (χ2v) is 7.87. The van der Waals surface area contributed by atoms with Crippen LogP contribution in [0.1, 0.15) is 33.6 Å². The molecule has 0 unspecified atom stereocenters. The van der Waals surface area contributed by atoms with Gasteiger partial charge in [0.25, 0.3) is 5.91 Å². The fourth-order valence-electron chi connectivity index (χ4n) is 4.26. The number of ether oxygens (including phenoxy) is 1. The van der Waals surface area contributed by atoms with Crippen LogP contribution in [0.5, 0.6) is 5.75 Å². The average Bonchev–Trinajstić information content (AvgIpc) is 3.14. The molecule has 1 amide bonds. The molecule has 150 valence electrons. The van der Waals surface area contributed by atoms with E-state index in [1.54, 1.807) is 6.20 Å². The topological polar surface area (TPSA) is 56.2 Å². The Morgan fingerprint density at radius 1 is 1.13 bits per heavy atom. The molecule has 5 heteroatoms. The number of carbonyl (C=O) groups excluding carboxylic acids is 1. The minimum Gasteiger partial charge on any atom is -0.491 e. The van der Waals surface area contributed by atoms with Crippen LogP contribution in [0.2, 0.25) is 0 Å². The molecular formula is C25H23N3O2. The van der Waals surface area contributed by atoms with E-state index in [1.807, 2.05) is 54.2 Å². The van der Waals surface area contributed by atoms with Crippen LogP contribution < -0.4 is 10.1 Å². The summed E-state index contributed by atoms with van der Waals surface area (Å²) < 4.78 is 7.90. The minimum absolute atomic E-state index is 0.125. The van der Waals surface area contributed by atoms with Gasteiger partial charge in [-0.05, 0) is 48.9 Å². The Balaban J connectivity index is 1.60. The summed E-state index contributed by atoms with van der Waals surface area (Å²) in [4.78, 5) is 18.1. The van der Waals surface area contributed by atoms with Gasteiger partial charge in [0.1, 0.15) is 17.0 Å². The number of pyridine rings is 1. The highest BCUT2D eigenvalue weighted by atomic mass is 16.5. The van der Waals surface area contributed by atoms with Crippen LogP contribution in [0.25, 0.3) is 10.9 Å². The van der Waals surface area contributed by atoms with E-state index >= 15 is 0 Å². The number of rotatable bonds is 3. The lowest BCUT2D eigenvalue weighted by molar-refractivity contribution is 0.0884. The number of fused-ring (bicyclic) bond motifs is 2. The van der Waals surface area contributed by atoms with E-state index in [0.717, 1.165) is 22.2 Å². The first-order valence-corrected chi connectivity index (χ1v) is 10.1. The molecule has 1 N–H and O–H groups in total. The van der Waals surface area contributed by atoms with Gasteiger partial charge in [0, 0.05) is 42.3 Å². The standard InChI is InChI=1S/C25H23N3O2/c1-17-5-8-20(9-6-17)25(12-15-30-22-4-3-13-26-23(22)25)27-24(29)19-7-10-21-18(16-19)11-14-28(21)2/h3-11,13-14,16H,12,15H2,1-2H3,(H,27,29)/t25-/m0/s1. The zero-order chi connectivity index (χ0) is 20.7. The lowest BCUT2D eigenvalue weighted by atomic mass is 9.81. The fraction of sp³-hybridized carbons (Fsp3) is 0.200. The predicted molar refractivity (Wildman–Crippen MR) is 117 cm³/mol. The monoisotopic (exact) mass is 397 g/mol. The van der Waals surface area contributed by atoms with E-state index in [-0.39, 0.29) is 5.91 Å². The van der Waals surface area contributed by atoms with Crippen molar-refractivity contribution in [3.63, 3.8) is 0 Å². The molecule has 4 aromatic rings. The first-order valence-electron chi connectivity index (χ1n) is 10.1. The van der Waals surface area contributed by atoms with Crippen LogP contribution in [0.4, 0.5) is 0 Å². The fourth-order valence-corrected chi connectivity index (χ4v) is 4.26. The van der Waals surface area contributed by atoms with Crippen molar-refractivity contribution in [2.24, 2.45) is 7.05 Å². The molecule has 2 aromatic carbocycles. The van der Waals surface area contributed by atoms with Crippen LogP contribution >= 0.6 is 0 Å². The summed E-state index contributed by atoms with van der Waals surface area (Å²) in [5.74, 6) is 0.586. The molecule has 3 heterocycles. The molecule has 1 atom stereocenters. The molecule has 1 aliphatic heterocycles. The number of hydrogen-bond acceptors (Lipinski definition) is 3. The van der Waals surface area contributed by atoms with Crippen LogP contribution in [-0.2, 0) is 12.6 Å². The highest BCUT2D eigenvalue weighted by molar-refractivity contribution is 5.99. The maximum atomic E-state index is 13.4. The van der Waals surface area contributed by atoms with E-state index in [9.17, 15) is 4.79 Å². The van der Waals surface area contributed by atoms with Crippen molar-refractivity contribution in [1.82, 2.24) is 14.9 Å². The number of carbonyl (C=O) groups is 1. The SMILES string of the molecule is Cc1ccc([C@@]2(NC(=O)c3ccc4c(ccn4C)c3)CCOc3cccnc32)cc1. The van der Waals surface area contributed by atoms with E-state index in [2.05, 4.69) is 41.5 Å². The number of nitrogens with one attached hydrogen (secondary N) is 1. The normalized spacial score (nSPS) is 17.9. The van der Waals surface area contributed by atoms with Crippen molar-refractivity contribution in [1.29, 1.82) is 0 Å². The maximum Gasteiger partial charge on any atom is 0.252 e. The molecular weight excluding hydrogens is 374 g/mol. The second kappa shape index (κ2) is 7.02. The van der Waals surface area contributed by atoms with Crippen LogP contribution in [0.15, 0.2) is 73.1 Å². The van der Waals surface area contributed by atoms with Crippen molar-refractivity contribution in [2.75, 3.05) is 6.61 Å². The smallest absolute Gasteiger partial charge is 0.252 e. The second-order valence-electron chi connectivity index (χ2n) is 7.87. The van der Waals surface area contributed by atoms with Crippen molar-refractivity contribution in [3.05, 3.63) is 95.4 Å². The third-order valence-corrected chi connectivity index (χ3v) is 5.93. The Morgan fingerprint density at radius 3 is 2.80 bits per heavy atom. The Morgan fingerprint density at radius 2 is 1.97 bits per heavy atom. The Labute approximate surface area is 175 Å². The molecule has 5 nitrogen and oxygen atoms in total. The third kappa shape index (κ3) is 2.94. The lowest BCUT2D eigenvalue weighted by Crippen LogP contribution is -2.50. The van der Waals surface area contributed by atoms with Gasteiger partial charge in [-0.2, -0.15) is 0 Å². The summed E-state index contributed by atoms with van der Waals surface area (Å²) in [6.07, 6.45) is 4.36. The number of benzene rings is 2. The number of aryl methyl sites for hydroxylation is 2. The highest BCUT2D eigenvalue weighted by Gasteiger charge is 2.42. The van der Waals surface area contributed by atoms with E-state index < -0.39 is 5.54 Å². The number of amides is 1. The molecule has 0 bridgehead atoms. The summed E-state index contributed by atoms with van der Waals surface area (Å²) in [5.41, 5.74) is 3.90. The van der Waals surface area contributed by atoms with Gasteiger partial charge >= 0.3 is 0 Å². The number of nitrogens with zero attached hydrogens (tertiary/aromatic N) is 2. The third-order valence-electron chi connectivity index (χ3n) is 5.93. The van der Waals surface area contributed by atoms with Gasteiger partial charge in [0.2, 0.25) is 0 Å². The molecule has 0 aliphatic carbocycles. The largest absolute Gasteiger partial charge is 0.491 e. The molecule has 1 aliphatic rings. The molecule has 30 heavy (non-hydrogen) atoms. The minimum atomic E-state index is -0.745. The van der Waals surface area contributed by atoms with Gasteiger partial charge in [-0.25, -0.2) is 0 Å². The Hall–Kier alpha value is -3.60. The van der Waals surface area contributed by atoms with Crippen molar-refractivity contribution in [2.45, 2.75) is 18.9 Å². The van der Waals surface area contributed by atoms with Gasteiger partial charge in [-0.15, -0.1) is 0 Å². The first-order chi connectivity index (χ1) is 14.6. The summed E-state index contributed by atoms with van der Waals surface area (Å²) >= 11 is 0. The average molecular weight is 397 g/mol. The molecule has 0 spiro atoms. The van der Waals surface area contributed by atoms with Crippen molar-refractivity contribution in [3.8, 4) is 5.75 Å². The lowest BCUT2D eigenvalue weighted by Gasteiger charge is -2.39. The molecule has 0 fully saturated rings. The Bertz CT molecular complexity index is 1240. The number of hydrogen-bond donors (Lipinski definition) is 1. The quantitative estimate of drug-likeness (QED) is 0.560. The molecule has 2 aromatic heterocycles. The van der Waals surface area contributed by atoms with Crippen LogP contribution in [0, 0.1) is 6.92 Å². The van der Waals surface area contributed by atoms with Gasteiger partial charge in [0.15, 0.2) is 0 Å². The predicted octanol–water partition coefficient (Wildman–Crippen LogP) is 4.34. The summed E-state index contributed by atoms with van der Waals surface area (Å²) in [7, 11) is 2.00. The van der Waals surface area contributed by atoms with Gasteiger partial charge in [0.05, 0.1) is 6.61 Å². The van der Waals surface area contributed by atoms with Gasteiger partial charge < -0.3 is 14.6 Å². The molecule has 0 radical (unpaired) electrons. The van der Waals surface area contributed by atoms with Gasteiger partial charge in [-0.1, -0.05) is 29.8 Å². The summed E-state index contributed by atoms with van der Waals surface area (Å²) in [5, 5.41) is 4.37. The highest BCUT2D eigenvalue weighted by Crippen LogP contribution is 2.40. The Kier molecular flexibility index (Phi) is 4.31. The molecule has 0 saturated heterocycles. The van der Waals surface area contributed by atoms with Crippen LogP contribution in [0.3, 0.4) is 0 Å². The zero-order valence-electron chi connectivity index (χ0n) is 17.1. The first kappa shape index (κ1) is 18.4. The zero-order valence-corrected chi connectivity index (χ0v) is 17.1. The number of aromatic nitrogens is 2. The van der Waals surface area contributed by atoms with Crippen molar-refractivity contribution >= 4 is 16.8 Å². The van der Waals surface area contributed by atoms with E-state index in [0.29, 0.717) is 24.3 Å². The summed E-state index contributed by atoms with van der Waals surface area (Å²) in [6.45, 7) is 2.56. The molecule has 0 saturated carbocycles. The molecule has 5 rings (SSSR count). The van der Waals surface area contributed by atoms with Crippen LogP contribution in [-0.4, -0.2) is 22.1 Å². The van der Waals surface area contributed by atoms with Crippen molar-refractivity contribution < 1.29 is 9.53 Å². The van der Waals surface area contributed by atoms with Gasteiger partial charge in [-0.3, -0.25) is 9.78 Å². The summed E-state index contributed by atoms with van der Waals surface area (Å²) in [6, 6.07) is 19.9. The van der Waals surface area contributed by atoms with E-state index in [1.165, 1.54) is 5.56 Å². The maximum absolute atomic E-state index is 13.4.